The van der Waals surface area contributed by atoms with E-state index in [1.807, 2.05) is 30.7 Å². The molecule has 1 aliphatic carbocycles. The second kappa shape index (κ2) is 5.08. The number of benzene rings is 1. The molecule has 1 aliphatic rings. The first kappa shape index (κ1) is 15.2. The number of esters is 1. The van der Waals surface area contributed by atoms with Crippen molar-refractivity contribution in [3.63, 3.8) is 0 Å². The van der Waals surface area contributed by atoms with Crippen LogP contribution in [0.3, 0.4) is 0 Å². The molecule has 0 amide bonds. The molecule has 3 aromatic rings. The minimum absolute atomic E-state index is 0.261. The summed E-state index contributed by atoms with van der Waals surface area (Å²) in [5.41, 5.74) is 9.40. The van der Waals surface area contributed by atoms with Crippen molar-refractivity contribution in [2.24, 2.45) is 12.8 Å². The Morgan fingerprint density at radius 1 is 1.46 bits per heavy atom. The summed E-state index contributed by atoms with van der Waals surface area (Å²) >= 11 is 0. The zero-order valence-corrected chi connectivity index (χ0v) is 14.2. The van der Waals surface area contributed by atoms with Crippen LogP contribution < -0.4 is 5.73 Å². The van der Waals surface area contributed by atoms with Crippen molar-refractivity contribution >= 4 is 28.0 Å². The number of rotatable bonds is 3. The fourth-order valence-electron chi connectivity index (χ4n) is 3.52. The SMILES string of the molecule is CCOC(=O)c1oc2cc3c(cc2c1C)nc(C1(N)CCC1)n3C. The quantitative estimate of drug-likeness (QED) is 0.747. The number of nitrogens with two attached hydrogens (primary N) is 1. The molecule has 1 aromatic carbocycles. The second-order valence-electron chi connectivity index (χ2n) is 6.62. The molecule has 0 spiro atoms. The van der Waals surface area contributed by atoms with E-state index in [2.05, 4.69) is 0 Å². The van der Waals surface area contributed by atoms with E-state index in [0.717, 1.165) is 47.1 Å². The number of aryl methyl sites for hydroxylation is 2. The van der Waals surface area contributed by atoms with Crippen LogP contribution in [-0.4, -0.2) is 22.1 Å². The van der Waals surface area contributed by atoms with Gasteiger partial charge in [-0.3, -0.25) is 0 Å². The number of ether oxygens (including phenoxy) is 1. The number of fused-ring (bicyclic) bond motifs is 2. The van der Waals surface area contributed by atoms with Crippen molar-refractivity contribution in [2.45, 2.75) is 38.6 Å². The first-order valence-electron chi connectivity index (χ1n) is 8.30. The van der Waals surface area contributed by atoms with Crippen molar-refractivity contribution in [1.29, 1.82) is 0 Å². The van der Waals surface area contributed by atoms with Gasteiger partial charge in [-0.05, 0) is 39.2 Å². The maximum atomic E-state index is 12.0. The normalized spacial score (nSPS) is 16.5. The molecular weight excluding hydrogens is 306 g/mol. The fourth-order valence-corrected chi connectivity index (χ4v) is 3.52. The van der Waals surface area contributed by atoms with E-state index in [1.165, 1.54) is 0 Å². The summed E-state index contributed by atoms with van der Waals surface area (Å²) in [6.07, 6.45) is 3.07. The third-order valence-corrected chi connectivity index (χ3v) is 5.09. The average Bonchev–Trinajstić information content (AvgIpc) is 3.02. The summed E-state index contributed by atoms with van der Waals surface area (Å²) in [4.78, 5) is 16.8. The van der Waals surface area contributed by atoms with Gasteiger partial charge < -0.3 is 19.5 Å². The molecule has 1 saturated carbocycles. The van der Waals surface area contributed by atoms with Crippen molar-refractivity contribution in [3.8, 4) is 0 Å². The smallest absolute Gasteiger partial charge is 0.374 e. The van der Waals surface area contributed by atoms with Gasteiger partial charge in [0, 0.05) is 24.1 Å². The van der Waals surface area contributed by atoms with Crippen LogP contribution in [0.1, 0.15) is 48.1 Å². The second-order valence-corrected chi connectivity index (χ2v) is 6.62. The number of furan rings is 1. The highest BCUT2D eigenvalue weighted by atomic mass is 16.5. The molecule has 0 saturated heterocycles. The lowest BCUT2D eigenvalue weighted by atomic mass is 9.77. The zero-order chi connectivity index (χ0) is 17.1. The van der Waals surface area contributed by atoms with E-state index in [1.54, 1.807) is 6.92 Å². The lowest BCUT2D eigenvalue weighted by Gasteiger charge is -2.37. The van der Waals surface area contributed by atoms with Crippen LogP contribution in [0.15, 0.2) is 16.5 Å². The third kappa shape index (κ3) is 1.99. The van der Waals surface area contributed by atoms with E-state index < -0.39 is 5.97 Å². The summed E-state index contributed by atoms with van der Waals surface area (Å²) < 4.78 is 12.9. The van der Waals surface area contributed by atoms with Crippen LogP contribution in [0.4, 0.5) is 0 Å². The highest BCUT2D eigenvalue weighted by Gasteiger charge is 2.38. The van der Waals surface area contributed by atoms with Gasteiger partial charge in [0.2, 0.25) is 5.76 Å². The van der Waals surface area contributed by atoms with Gasteiger partial charge >= 0.3 is 5.97 Å². The largest absolute Gasteiger partial charge is 0.460 e. The molecule has 6 heteroatoms. The molecule has 2 N–H and O–H groups in total. The number of aromatic nitrogens is 2. The summed E-state index contributed by atoms with van der Waals surface area (Å²) in [5.74, 6) is 0.746. The van der Waals surface area contributed by atoms with Crippen LogP contribution in [0.2, 0.25) is 0 Å². The van der Waals surface area contributed by atoms with Gasteiger partial charge in [0.15, 0.2) is 0 Å². The van der Waals surface area contributed by atoms with Crippen molar-refractivity contribution < 1.29 is 13.9 Å². The Morgan fingerprint density at radius 3 is 2.83 bits per heavy atom. The lowest BCUT2D eigenvalue weighted by Crippen LogP contribution is -2.45. The molecule has 1 fully saturated rings. The third-order valence-electron chi connectivity index (χ3n) is 5.09. The van der Waals surface area contributed by atoms with Crippen molar-refractivity contribution in [2.75, 3.05) is 6.61 Å². The molecule has 0 bridgehead atoms. The topological polar surface area (TPSA) is 83.3 Å². The minimum atomic E-state index is -0.431. The number of hydrogen-bond acceptors (Lipinski definition) is 5. The van der Waals surface area contributed by atoms with Gasteiger partial charge in [-0.1, -0.05) is 0 Å². The van der Waals surface area contributed by atoms with Gasteiger partial charge in [0.05, 0.1) is 23.2 Å². The molecule has 126 valence electrons. The first-order valence-corrected chi connectivity index (χ1v) is 8.30. The van der Waals surface area contributed by atoms with Crippen LogP contribution in [0, 0.1) is 6.92 Å². The van der Waals surface area contributed by atoms with Crippen LogP contribution >= 0.6 is 0 Å². The van der Waals surface area contributed by atoms with E-state index in [4.69, 9.17) is 19.9 Å². The predicted molar refractivity (Wildman–Crippen MR) is 90.9 cm³/mol. The molecule has 2 heterocycles. The zero-order valence-electron chi connectivity index (χ0n) is 14.2. The molecular formula is C18H21N3O3. The molecule has 0 aliphatic heterocycles. The Bertz CT molecular complexity index is 963. The molecule has 0 unspecified atom stereocenters. The number of nitrogens with zero attached hydrogens (tertiary/aromatic N) is 2. The predicted octanol–water partition coefficient (Wildman–Crippen LogP) is 3.14. The van der Waals surface area contributed by atoms with Crippen LogP contribution in [0.5, 0.6) is 0 Å². The van der Waals surface area contributed by atoms with Gasteiger partial charge in [0.25, 0.3) is 0 Å². The molecule has 0 atom stereocenters. The maximum absolute atomic E-state index is 12.0. The summed E-state index contributed by atoms with van der Waals surface area (Å²) in [6.45, 7) is 3.96. The number of carbonyl (C=O) groups excluding carboxylic acids is 1. The average molecular weight is 327 g/mol. The van der Waals surface area contributed by atoms with Crippen LogP contribution in [-0.2, 0) is 17.3 Å². The molecule has 4 rings (SSSR count). The van der Waals surface area contributed by atoms with Crippen molar-refractivity contribution in [3.05, 3.63) is 29.3 Å². The fraction of sp³-hybridized carbons (Fsp3) is 0.444. The summed E-state index contributed by atoms with van der Waals surface area (Å²) in [5, 5.41) is 0.884. The summed E-state index contributed by atoms with van der Waals surface area (Å²) in [6, 6.07) is 3.90. The maximum Gasteiger partial charge on any atom is 0.374 e. The monoisotopic (exact) mass is 327 g/mol. The highest BCUT2D eigenvalue weighted by molar-refractivity contribution is 6.00. The Labute approximate surface area is 139 Å². The standard InChI is InChI=1S/C18H21N3O3/c1-4-23-16(22)15-10(2)11-8-12-13(9-14(11)24-15)21(3)17(20-12)18(19)6-5-7-18/h8-9H,4-7,19H2,1-3H3. The lowest BCUT2D eigenvalue weighted by molar-refractivity contribution is 0.0491. The molecule has 2 aromatic heterocycles. The van der Waals surface area contributed by atoms with E-state index in [9.17, 15) is 4.79 Å². The minimum Gasteiger partial charge on any atom is -0.460 e. The van der Waals surface area contributed by atoms with E-state index >= 15 is 0 Å². The Balaban J connectivity index is 1.89. The van der Waals surface area contributed by atoms with Crippen LogP contribution in [0.25, 0.3) is 22.0 Å². The molecule has 6 nitrogen and oxygen atoms in total. The Morgan fingerprint density at radius 2 is 2.21 bits per heavy atom. The number of imidazole rings is 1. The molecule has 24 heavy (non-hydrogen) atoms. The van der Waals surface area contributed by atoms with Crippen molar-refractivity contribution in [1.82, 2.24) is 9.55 Å². The molecule has 0 radical (unpaired) electrons. The van der Waals surface area contributed by atoms with Gasteiger partial charge in [-0.15, -0.1) is 0 Å². The van der Waals surface area contributed by atoms with E-state index in [0.29, 0.717) is 12.2 Å². The van der Waals surface area contributed by atoms with Gasteiger partial charge in [-0.25, -0.2) is 9.78 Å². The van der Waals surface area contributed by atoms with E-state index in [-0.39, 0.29) is 11.3 Å². The Hall–Kier alpha value is -2.34. The number of hydrogen-bond donors (Lipinski definition) is 1. The van der Waals surface area contributed by atoms with Gasteiger partial charge in [0.1, 0.15) is 11.4 Å². The van der Waals surface area contributed by atoms with Gasteiger partial charge in [-0.2, -0.15) is 0 Å². The Kier molecular flexibility index (Phi) is 3.22. The summed E-state index contributed by atoms with van der Waals surface area (Å²) in [7, 11) is 1.98. The number of carbonyl (C=O) groups is 1. The first-order chi connectivity index (χ1) is 11.4. The highest BCUT2D eigenvalue weighted by Crippen LogP contribution is 2.40.